The number of nitrogens with one attached hydrogen (secondary N) is 1. The van der Waals surface area contributed by atoms with Crippen LogP contribution in [0, 0.1) is 0 Å². The van der Waals surface area contributed by atoms with Gasteiger partial charge in [0.2, 0.25) is 5.91 Å². The fourth-order valence-corrected chi connectivity index (χ4v) is 1.83. The minimum absolute atomic E-state index is 0.268. The summed E-state index contributed by atoms with van der Waals surface area (Å²) in [7, 11) is 0. The average molecular weight is 324 g/mol. The number of halogens is 4. The SMILES string of the molecule is CC(C)N(CC(=O)Nc1cc(N)ccc1Cl)CC(F)(F)F. The molecule has 1 aromatic rings. The lowest BCUT2D eigenvalue weighted by Gasteiger charge is -2.26. The fourth-order valence-electron chi connectivity index (χ4n) is 1.66. The van der Waals surface area contributed by atoms with E-state index < -0.39 is 24.7 Å². The Labute approximate surface area is 126 Å². The monoisotopic (exact) mass is 323 g/mol. The number of nitrogen functional groups attached to an aromatic ring is 1. The molecule has 8 heteroatoms. The van der Waals surface area contributed by atoms with E-state index in [4.69, 9.17) is 17.3 Å². The smallest absolute Gasteiger partial charge is 0.399 e. The van der Waals surface area contributed by atoms with Crippen LogP contribution >= 0.6 is 11.6 Å². The van der Waals surface area contributed by atoms with Gasteiger partial charge in [-0.3, -0.25) is 9.69 Å². The van der Waals surface area contributed by atoms with E-state index in [1.807, 2.05) is 0 Å². The zero-order valence-electron chi connectivity index (χ0n) is 11.7. The van der Waals surface area contributed by atoms with Gasteiger partial charge < -0.3 is 11.1 Å². The largest absolute Gasteiger partial charge is 0.401 e. The zero-order chi connectivity index (χ0) is 16.2. The van der Waals surface area contributed by atoms with Crippen LogP contribution in [-0.4, -0.2) is 36.1 Å². The van der Waals surface area contributed by atoms with Crippen LogP contribution in [0.15, 0.2) is 18.2 Å². The number of carbonyl (C=O) groups is 1. The summed E-state index contributed by atoms with van der Waals surface area (Å²) >= 11 is 5.88. The van der Waals surface area contributed by atoms with E-state index in [9.17, 15) is 18.0 Å². The number of nitrogens with zero attached hydrogens (tertiary/aromatic N) is 1. The van der Waals surface area contributed by atoms with Crippen molar-refractivity contribution in [1.29, 1.82) is 0 Å². The van der Waals surface area contributed by atoms with Crippen molar-refractivity contribution >= 4 is 28.9 Å². The molecule has 118 valence electrons. The topological polar surface area (TPSA) is 58.4 Å². The van der Waals surface area contributed by atoms with Crippen LogP contribution in [0.1, 0.15) is 13.8 Å². The number of nitrogens with two attached hydrogens (primary N) is 1. The lowest BCUT2D eigenvalue weighted by molar-refractivity contribution is -0.151. The summed E-state index contributed by atoms with van der Waals surface area (Å²) in [6.45, 7) is 1.64. The second-order valence-corrected chi connectivity index (χ2v) is 5.31. The van der Waals surface area contributed by atoms with E-state index in [0.717, 1.165) is 4.90 Å². The van der Waals surface area contributed by atoms with Gasteiger partial charge >= 0.3 is 6.18 Å². The summed E-state index contributed by atoms with van der Waals surface area (Å²) in [5.74, 6) is -0.583. The third-order valence-corrected chi connectivity index (χ3v) is 3.05. The van der Waals surface area contributed by atoms with E-state index in [1.165, 1.54) is 12.1 Å². The maximum Gasteiger partial charge on any atom is 0.401 e. The quantitative estimate of drug-likeness (QED) is 0.818. The Morgan fingerprint density at radius 1 is 1.43 bits per heavy atom. The molecular weight excluding hydrogens is 307 g/mol. The minimum Gasteiger partial charge on any atom is -0.399 e. The van der Waals surface area contributed by atoms with Crippen molar-refractivity contribution in [2.24, 2.45) is 0 Å². The van der Waals surface area contributed by atoms with Crippen molar-refractivity contribution < 1.29 is 18.0 Å². The van der Waals surface area contributed by atoms with Gasteiger partial charge in [0.05, 0.1) is 23.8 Å². The molecule has 1 aromatic carbocycles. The second-order valence-electron chi connectivity index (χ2n) is 4.90. The lowest BCUT2D eigenvalue weighted by Crippen LogP contribution is -2.43. The molecule has 0 aliphatic carbocycles. The second kappa shape index (κ2) is 7.00. The number of amides is 1. The number of carbonyl (C=O) groups excluding carboxylic acids is 1. The molecule has 0 heterocycles. The van der Waals surface area contributed by atoms with E-state index in [1.54, 1.807) is 19.9 Å². The van der Waals surface area contributed by atoms with Crippen molar-refractivity contribution in [2.75, 3.05) is 24.1 Å². The molecule has 0 atom stereocenters. The Morgan fingerprint density at radius 3 is 2.57 bits per heavy atom. The first-order valence-electron chi connectivity index (χ1n) is 6.24. The molecular formula is C13H17ClF3N3O. The number of anilines is 2. The molecule has 0 radical (unpaired) electrons. The first kappa shape index (κ1) is 17.6. The van der Waals surface area contributed by atoms with Gasteiger partial charge in [-0.25, -0.2) is 0 Å². The van der Waals surface area contributed by atoms with E-state index in [0.29, 0.717) is 5.69 Å². The lowest BCUT2D eigenvalue weighted by atomic mass is 10.2. The van der Waals surface area contributed by atoms with Gasteiger partial charge in [-0.2, -0.15) is 13.2 Å². The van der Waals surface area contributed by atoms with Gasteiger partial charge in [-0.05, 0) is 32.0 Å². The van der Waals surface area contributed by atoms with Gasteiger partial charge in [0, 0.05) is 11.7 Å². The average Bonchev–Trinajstić information content (AvgIpc) is 2.31. The Hall–Kier alpha value is -1.47. The summed E-state index contributed by atoms with van der Waals surface area (Å²) in [6.07, 6.45) is -4.36. The first-order valence-corrected chi connectivity index (χ1v) is 6.62. The summed E-state index contributed by atoms with van der Waals surface area (Å²) in [5.41, 5.74) is 6.24. The fraction of sp³-hybridized carbons (Fsp3) is 0.462. The standard InChI is InChI=1S/C13H17ClF3N3O/c1-8(2)20(7-13(15,16)17)6-12(21)19-11-5-9(18)3-4-10(11)14/h3-5,8H,6-7,18H2,1-2H3,(H,19,21). The summed E-state index contributed by atoms with van der Waals surface area (Å²) in [4.78, 5) is 12.9. The van der Waals surface area contributed by atoms with E-state index in [2.05, 4.69) is 5.32 Å². The van der Waals surface area contributed by atoms with Crippen LogP contribution in [0.4, 0.5) is 24.5 Å². The molecule has 0 aliphatic rings. The number of hydrogen-bond acceptors (Lipinski definition) is 3. The maximum atomic E-state index is 12.4. The zero-order valence-corrected chi connectivity index (χ0v) is 12.4. The minimum atomic E-state index is -4.36. The molecule has 0 aromatic heterocycles. The normalized spacial score (nSPS) is 12.0. The van der Waals surface area contributed by atoms with E-state index in [-0.39, 0.29) is 17.3 Å². The molecule has 0 fully saturated rings. The highest BCUT2D eigenvalue weighted by Crippen LogP contribution is 2.24. The molecule has 0 spiro atoms. The molecule has 0 saturated carbocycles. The molecule has 0 unspecified atom stereocenters. The predicted molar refractivity (Wildman–Crippen MR) is 77.3 cm³/mol. The van der Waals surface area contributed by atoms with E-state index >= 15 is 0 Å². The van der Waals surface area contributed by atoms with Gasteiger partial charge in [0.1, 0.15) is 0 Å². The van der Waals surface area contributed by atoms with Gasteiger partial charge in [0.15, 0.2) is 0 Å². The maximum absolute atomic E-state index is 12.4. The van der Waals surface area contributed by atoms with Crippen molar-refractivity contribution in [1.82, 2.24) is 4.90 Å². The highest BCUT2D eigenvalue weighted by atomic mass is 35.5. The molecule has 3 N–H and O–H groups in total. The number of benzene rings is 1. The predicted octanol–water partition coefficient (Wildman–Crippen LogP) is 3.13. The highest BCUT2D eigenvalue weighted by molar-refractivity contribution is 6.33. The Balaban J connectivity index is 2.72. The van der Waals surface area contributed by atoms with Crippen LogP contribution in [0.5, 0.6) is 0 Å². The van der Waals surface area contributed by atoms with Crippen LogP contribution in [0.3, 0.4) is 0 Å². The summed E-state index contributed by atoms with van der Waals surface area (Å²) < 4.78 is 37.3. The molecule has 1 amide bonds. The van der Waals surface area contributed by atoms with Gasteiger partial charge in [0.25, 0.3) is 0 Å². The summed E-state index contributed by atoms with van der Waals surface area (Å²) in [6, 6.07) is 4.09. The van der Waals surface area contributed by atoms with Crippen molar-refractivity contribution in [2.45, 2.75) is 26.1 Å². The Morgan fingerprint density at radius 2 is 2.05 bits per heavy atom. The van der Waals surface area contributed by atoms with Crippen LogP contribution < -0.4 is 11.1 Å². The van der Waals surface area contributed by atoms with Crippen LogP contribution in [0.25, 0.3) is 0 Å². The molecule has 0 bridgehead atoms. The van der Waals surface area contributed by atoms with Crippen molar-refractivity contribution in [3.05, 3.63) is 23.2 Å². The molecule has 0 aliphatic heterocycles. The number of hydrogen-bond donors (Lipinski definition) is 2. The third-order valence-electron chi connectivity index (χ3n) is 2.72. The van der Waals surface area contributed by atoms with Crippen molar-refractivity contribution in [3.8, 4) is 0 Å². The summed E-state index contributed by atoms with van der Waals surface area (Å²) in [5, 5.41) is 2.73. The van der Waals surface area contributed by atoms with Crippen molar-refractivity contribution in [3.63, 3.8) is 0 Å². The molecule has 1 rings (SSSR count). The van der Waals surface area contributed by atoms with Gasteiger partial charge in [-0.1, -0.05) is 11.6 Å². The third kappa shape index (κ3) is 6.22. The van der Waals surface area contributed by atoms with Gasteiger partial charge in [-0.15, -0.1) is 0 Å². The first-order chi connectivity index (χ1) is 9.58. The number of alkyl halides is 3. The molecule has 0 saturated heterocycles. The molecule has 4 nitrogen and oxygen atoms in total. The molecule has 21 heavy (non-hydrogen) atoms. The Kier molecular flexibility index (Phi) is 5.86. The van der Waals surface area contributed by atoms with Crippen LogP contribution in [-0.2, 0) is 4.79 Å². The Bertz CT molecular complexity index is 506. The van der Waals surface area contributed by atoms with Crippen LogP contribution in [0.2, 0.25) is 5.02 Å². The highest BCUT2D eigenvalue weighted by Gasteiger charge is 2.32. The number of rotatable bonds is 5.